The summed E-state index contributed by atoms with van der Waals surface area (Å²) in [6.45, 7) is 6.24. The third-order valence-electron chi connectivity index (χ3n) is 1.52. The van der Waals surface area contributed by atoms with Gasteiger partial charge in [0, 0.05) is 5.69 Å². The average Bonchev–Trinajstić information content (AvgIpc) is 2.02. The molecule has 0 fully saturated rings. The molecule has 14 heavy (non-hydrogen) atoms. The Hall–Kier alpha value is -1.29. The molecular weight excluding hydrogens is 192 g/mol. The Kier molecular flexibility index (Phi) is 3.30. The van der Waals surface area contributed by atoms with E-state index in [1.165, 1.54) is 0 Å². The summed E-state index contributed by atoms with van der Waals surface area (Å²) in [4.78, 5) is 14.4. The topological polar surface area (TPSA) is 41.1 Å². The molecule has 0 atom stereocenters. The lowest BCUT2D eigenvalue weighted by molar-refractivity contribution is 0.256. The summed E-state index contributed by atoms with van der Waals surface area (Å²) in [6.07, 6.45) is 0. The molecule has 76 valence electrons. The number of hydrogen-bond acceptors (Lipinski definition) is 1. The zero-order valence-corrected chi connectivity index (χ0v) is 9.79. The molecule has 4 heteroatoms. The van der Waals surface area contributed by atoms with E-state index in [-0.39, 0.29) is 6.03 Å². The van der Waals surface area contributed by atoms with Crippen LogP contribution in [0.25, 0.3) is 0 Å². The first-order valence-electron chi connectivity index (χ1n) is 4.61. The molecule has 0 saturated heterocycles. The van der Waals surface area contributed by atoms with Gasteiger partial charge >= 0.3 is 6.03 Å². The van der Waals surface area contributed by atoms with E-state index in [1.807, 2.05) is 30.3 Å². The van der Waals surface area contributed by atoms with Crippen molar-refractivity contribution in [3.8, 4) is 0 Å². The van der Waals surface area contributed by atoms with Gasteiger partial charge < -0.3 is 10.3 Å². The fraction of sp³-hybridized carbons (Fsp3) is 0.300. The highest BCUT2D eigenvalue weighted by molar-refractivity contribution is 6.75. The number of amides is 2. The molecule has 2 amide bonds. The van der Waals surface area contributed by atoms with Crippen molar-refractivity contribution >= 4 is 20.0 Å². The maximum absolute atomic E-state index is 11.4. The molecule has 2 N–H and O–H groups in total. The van der Waals surface area contributed by atoms with Crippen LogP contribution < -0.4 is 10.3 Å². The van der Waals surface area contributed by atoms with Crippen molar-refractivity contribution < 1.29 is 4.79 Å². The van der Waals surface area contributed by atoms with E-state index in [1.54, 1.807) is 0 Å². The normalized spacial score (nSPS) is 10.8. The summed E-state index contributed by atoms with van der Waals surface area (Å²) in [5.74, 6) is 0. The number of carbonyl (C=O) groups is 1. The molecule has 0 spiro atoms. The molecule has 1 aromatic carbocycles. The first kappa shape index (κ1) is 10.8. The second kappa shape index (κ2) is 4.28. The number of nitrogens with one attached hydrogen (secondary N) is 2. The summed E-state index contributed by atoms with van der Waals surface area (Å²) >= 11 is 0. The lowest BCUT2D eigenvalue weighted by Crippen LogP contribution is -2.47. The van der Waals surface area contributed by atoms with Crippen molar-refractivity contribution in [1.82, 2.24) is 4.98 Å². The molecular formula is C10H16N2OSi. The molecule has 0 aliphatic rings. The molecule has 0 radical (unpaired) electrons. The van der Waals surface area contributed by atoms with Crippen molar-refractivity contribution in [1.29, 1.82) is 0 Å². The standard InChI is InChI=1S/C10H16N2OSi/c1-14(2,3)12-10(13)11-9-7-5-4-6-8-9/h4-8H,1-3H3,(H2,11,12,13). The predicted octanol–water partition coefficient (Wildman–Crippen LogP) is 2.64. The van der Waals surface area contributed by atoms with Crippen LogP contribution in [0.3, 0.4) is 0 Å². The van der Waals surface area contributed by atoms with E-state index in [9.17, 15) is 4.79 Å². The van der Waals surface area contributed by atoms with Crippen molar-refractivity contribution in [3.05, 3.63) is 30.3 Å². The SMILES string of the molecule is C[Si](C)(C)NC(=O)Nc1ccccc1. The molecule has 0 unspecified atom stereocenters. The monoisotopic (exact) mass is 208 g/mol. The molecule has 1 aromatic rings. The van der Waals surface area contributed by atoms with E-state index in [2.05, 4.69) is 29.9 Å². The predicted molar refractivity (Wildman–Crippen MR) is 61.9 cm³/mol. The Balaban J connectivity index is 2.50. The Morgan fingerprint density at radius 3 is 2.21 bits per heavy atom. The maximum Gasteiger partial charge on any atom is 0.311 e. The minimum absolute atomic E-state index is 0.115. The highest BCUT2D eigenvalue weighted by Crippen LogP contribution is 2.05. The number of hydrogen-bond donors (Lipinski definition) is 2. The number of urea groups is 1. The van der Waals surface area contributed by atoms with Crippen LogP contribution in [0.4, 0.5) is 10.5 Å². The van der Waals surface area contributed by atoms with Gasteiger partial charge in [-0.1, -0.05) is 37.8 Å². The Morgan fingerprint density at radius 2 is 1.71 bits per heavy atom. The summed E-state index contributed by atoms with van der Waals surface area (Å²) in [7, 11) is -1.54. The Bertz CT molecular complexity index is 306. The van der Waals surface area contributed by atoms with Crippen LogP contribution in [0, 0.1) is 0 Å². The molecule has 0 aliphatic heterocycles. The molecule has 3 nitrogen and oxygen atoms in total. The largest absolute Gasteiger partial charge is 0.365 e. The maximum atomic E-state index is 11.4. The van der Waals surface area contributed by atoms with Crippen molar-refractivity contribution in [2.45, 2.75) is 19.6 Å². The first-order valence-corrected chi connectivity index (χ1v) is 8.11. The van der Waals surface area contributed by atoms with Crippen molar-refractivity contribution in [3.63, 3.8) is 0 Å². The van der Waals surface area contributed by atoms with Crippen LogP contribution in [0.15, 0.2) is 30.3 Å². The van der Waals surface area contributed by atoms with Gasteiger partial charge in [-0.05, 0) is 12.1 Å². The molecule has 1 rings (SSSR count). The quantitative estimate of drug-likeness (QED) is 0.721. The zero-order chi connectivity index (χ0) is 10.6. The van der Waals surface area contributed by atoms with Crippen LogP contribution in [0.5, 0.6) is 0 Å². The van der Waals surface area contributed by atoms with E-state index in [4.69, 9.17) is 0 Å². The van der Waals surface area contributed by atoms with Crippen LogP contribution >= 0.6 is 0 Å². The minimum atomic E-state index is -1.54. The van der Waals surface area contributed by atoms with Gasteiger partial charge in [-0.2, -0.15) is 0 Å². The third kappa shape index (κ3) is 4.09. The second-order valence-corrected chi connectivity index (χ2v) is 8.95. The van der Waals surface area contributed by atoms with Gasteiger partial charge in [0.2, 0.25) is 0 Å². The number of rotatable bonds is 2. The highest BCUT2D eigenvalue weighted by atomic mass is 28.3. The second-order valence-electron chi connectivity index (χ2n) is 4.20. The first-order chi connectivity index (χ1) is 6.47. The van der Waals surface area contributed by atoms with Crippen LogP contribution in [-0.4, -0.2) is 14.3 Å². The number of benzene rings is 1. The Labute approximate surface area is 85.6 Å². The zero-order valence-electron chi connectivity index (χ0n) is 8.79. The van der Waals surface area contributed by atoms with Crippen LogP contribution in [-0.2, 0) is 0 Å². The van der Waals surface area contributed by atoms with E-state index < -0.39 is 8.24 Å². The van der Waals surface area contributed by atoms with Crippen molar-refractivity contribution in [2.75, 3.05) is 5.32 Å². The Morgan fingerprint density at radius 1 is 1.14 bits per heavy atom. The van der Waals surface area contributed by atoms with Gasteiger partial charge in [-0.3, -0.25) is 0 Å². The number of para-hydroxylation sites is 1. The average molecular weight is 208 g/mol. The molecule has 0 aliphatic carbocycles. The van der Waals surface area contributed by atoms with E-state index in [0.717, 1.165) is 5.69 Å². The summed E-state index contributed by atoms with van der Waals surface area (Å²) in [5, 5.41) is 2.78. The smallest absolute Gasteiger partial charge is 0.311 e. The highest BCUT2D eigenvalue weighted by Gasteiger charge is 2.16. The fourth-order valence-corrected chi connectivity index (χ4v) is 1.77. The summed E-state index contributed by atoms with van der Waals surface area (Å²) in [6, 6.07) is 9.32. The van der Waals surface area contributed by atoms with Gasteiger partial charge in [0.1, 0.15) is 8.24 Å². The lowest BCUT2D eigenvalue weighted by Gasteiger charge is -2.18. The molecule has 0 saturated carbocycles. The molecule has 0 aromatic heterocycles. The van der Waals surface area contributed by atoms with E-state index in [0.29, 0.717) is 0 Å². The van der Waals surface area contributed by atoms with Gasteiger partial charge in [-0.15, -0.1) is 0 Å². The van der Waals surface area contributed by atoms with Gasteiger partial charge in [0.05, 0.1) is 0 Å². The fourth-order valence-electron chi connectivity index (χ4n) is 1.02. The van der Waals surface area contributed by atoms with Gasteiger partial charge in [0.15, 0.2) is 0 Å². The molecule has 0 bridgehead atoms. The van der Waals surface area contributed by atoms with Crippen LogP contribution in [0.2, 0.25) is 19.6 Å². The number of anilines is 1. The number of carbonyl (C=O) groups excluding carboxylic acids is 1. The lowest BCUT2D eigenvalue weighted by atomic mass is 10.3. The van der Waals surface area contributed by atoms with Crippen LogP contribution in [0.1, 0.15) is 0 Å². The van der Waals surface area contributed by atoms with Gasteiger partial charge in [-0.25, -0.2) is 4.79 Å². The van der Waals surface area contributed by atoms with Crippen molar-refractivity contribution in [2.24, 2.45) is 0 Å². The van der Waals surface area contributed by atoms with Gasteiger partial charge in [0.25, 0.3) is 0 Å². The minimum Gasteiger partial charge on any atom is -0.365 e. The summed E-state index contributed by atoms with van der Waals surface area (Å²) < 4.78 is 0. The van der Waals surface area contributed by atoms with E-state index >= 15 is 0 Å². The molecule has 0 heterocycles. The summed E-state index contributed by atoms with van der Waals surface area (Å²) in [5.41, 5.74) is 0.822. The third-order valence-corrected chi connectivity index (χ3v) is 2.50.